The number of hydrogen-bond acceptors (Lipinski definition) is 3. The Morgan fingerprint density at radius 2 is 2.08 bits per heavy atom. The van der Waals surface area contributed by atoms with E-state index in [2.05, 4.69) is 5.32 Å². The molecule has 1 aliphatic heterocycles. The van der Waals surface area contributed by atoms with Gasteiger partial charge < -0.3 is 15.8 Å². The van der Waals surface area contributed by atoms with Crippen LogP contribution >= 0.6 is 0 Å². The summed E-state index contributed by atoms with van der Waals surface area (Å²) in [7, 11) is 1.79. The van der Waals surface area contributed by atoms with Crippen molar-refractivity contribution in [1.29, 1.82) is 0 Å². The zero-order chi connectivity index (χ0) is 8.82. The lowest BCUT2D eigenvalue weighted by molar-refractivity contribution is -0.194. The number of hydrogen-bond donors (Lipinski definition) is 2. The second kappa shape index (κ2) is 2.20. The van der Waals surface area contributed by atoms with Crippen LogP contribution in [0, 0.1) is 5.41 Å². The van der Waals surface area contributed by atoms with Gasteiger partial charge in [0.2, 0.25) is 5.91 Å². The lowest BCUT2D eigenvalue weighted by Crippen LogP contribution is -2.71. The molecule has 2 aliphatic rings. The standard InChI is InChI=1S/C8H14N2O2/c1-10-8(6(9)11)2-7(3-8)4-12-5-7/h10H,2-5H2,1H3,(H2,9,11). The summed E-state index contributed by atoms with van der Waals surface area (Å²) in [5.41, 5.74) is 5.14. The fourth-order valence-electron chi connectivity index (χ4n) is 2.30. The van der Waals surface area contributed by atoms with Crippen molar-refractivity contribution in [3.05, 3.63) is 0 Å². The van der Waals surface area contributed by atoms with Gasteiger partial charge in [-0.2, -0.15) is 0 Å². The van der Waals surface area contributed by atoms with Crippen LogP contribution in [0.2, 0.25) is 0 Å². The van der Waals surface area contributed by atoms with Gasteiger partial charge in [0, 0.05) is 5.41 Å². The van der Waals surface area contributed by atoms with Crippen LogP contribution in [-0.4, -0.2) is 31.7 Å². The normalized spacial score (nSPS) is 29.1. The molecule has 0 bridgehead atoms. The number of rotatable bonds is 2. The molecule has 1 amide bonds. The van der Waals surface area contributed by atoms with Crippen LogP contribution in [0.3, 0.4) is 0 Å². The molecular weight excluding hydrogens is 156 g/mol. The minimum Gasteiger partial charge on any atom is -0.380 e. The van der Waals surface area contributed by atoms with Crippen molar-refractivity contribution in [3.8, 4) is 0 Å². The van der Waals surface area contributed by atoms with Crippen molar-refractivity contribution >= 4 is 5.91 Å². The number of nitrogens with one attached hydrogen (secondary N) is 1. The Morgan fingerprint density at radius 3 is 2.33 bits per heavy atom. The van der Waals surface area contributed by atoms with Gasteiger partial charge in [-0.3, -0.25) is 4.79 Å². The number of nitrogens with two attached hydrogens (primary N) is 1. The summed E-state index contributed by atoms with van der Waals surface area (Å²) in [5, 5.41) is 3.01. The highest BCUT2D eigenvalue weighted by atomic mass is 16.5. The highest BCUT2D eigenvalue weighted by molar-refractivity contribution is 5.86. The maximum Gasteiger partial charge on any atom is 0.237 e. The van der Waals surface area contributed by atoms with E-state index in [0.29, 0.717) is 0 Å². The first kappa shape index (κ1) is 8.01. The quantitative estimate of drug-likeness (QED) is 0.572. The van der Waals surface area contributed by atoms with Gasteiger partial charge in [-0.1, -0.05) is 0 Å². The van der Waals surface area contributed by atoms with Crippen molar-refractivity contribution in [2.75, 3.05) is 20.3 Å². The first-order chi connectivity index (χ1) is 5.63. The molecule has 1 saturated heterocycles. The third kappa shape index (κ3) is 0.820. The van der Waals surface area contributed by atoms with Gasteiger partial charge >= 0.3 is 0 Å². The van der Waals surface area contributed by atoms with Gasteiger partial charge in [-0.25, -0.2) is 0 Å². The summed E-state index contributed by atoms with van der Waals surface area (Å²) >= 11 is 0. The molecular formula is C8H14N2O2. The van der Waals surface area contributed by atoms with Crippen LogP contribution in [-0.2, 0) is 9.53 Å². The number of carbonyl (C=O) groups is 1. The predicted molar refractivity (Wildman–Crippen MR) is 43.5 cm³/mol. The molecule has 0 aromatic carbocycles. The highest BCUT2D eigenvalue weighted by Gasteiger charge is 2.60. The number of likely N-dealkylation sites (N-methyl/N-ethyl adjacent to an activating group) is 1. The smallest absolute Gasteiger partial charge is 0.237 e. The second-order valence-electron chi connectivity index (χ2n) is 4.04. The van der Waals surface area contributed by atoms with Crippen LogP contribution in [0.25, 0.3) is 0 Å². The fourth-order valence-corrected chi connectivity index (χ4v) is 2.30. The molecule has 1 spiro atoms. The van der Waals surface area contributed by atoms with Crippen molar-refractivity contribution in [3.63, 3.8) is 0 Å². The molecule has 4 nitrogen and oxygen atoms in total. The summed E-state index contributed by atoms with van der Waals surface area (Å²) in [4.78, 5) is 11.1. The topological polar surface area (TPSA) is 64.3 Å². The highest BCUT2D eigenvalue weighted by Crippen LogP contribution is 2.52. The third-order valence-corrected chi connectivity index (χ3v) is 3.12. The van der Waals surface area contributed by atoms with E-state index in [9.17, 15) is 4.79 Å². The van der Waals surface area contributed by atoms with Gasteiger partial charge in [0.05, 0.1) is 18.8 Å². The van der Waals surface area contributed by atoms with Crippen LogP contribution in [0.15, 0.2) is 0 Å². The molecule has 0 radical (unpaired) electrons. The third-order valence-electron chi connectivity index (χ3n) is 3.12. The Kier molecular flexibility index (Phi) is 1.47. The average molecular weight is 170 g/mol. The zero-order valence-electron chi connectivity index (χ0n) is 7.22. The van der Waals surface area contributed by atoms with Crippen molar-refractivity contribution < 1.29 is 9.53 Å². The van der Waals surface area contributed by atoms with Crippen LogP contribution < -0.4 is 11.1 Å². The maximum atomic E-state index is 11.1. The van der Waals surface area contributed by atoms with Gasteiger partial charge in [0.15, 0.2) is 0 Å². The van der Waals surface area contributed by atoms with E-state index in [1.807, 2.05) is 0 Å². The minimum absolute atomic E-state index is 0.234. The molecule has 1 heterocycles. The summed E-state index contributed by atoms with van der Waals surface area (Å²) in [6, 6.07) is 0. The van der Waals surface area contributed by atoms with E-state index in [-0.39, 0.29) is 11.3 Å². The van der Waals surface area contributed by atoms with Gasteiger partial charge in [0.1, 0.15) is 0 Å². The van der Waals surface area contributed by atoms with E-state index < -0.39 is 5.54 Å². The molecule has 2 rings (SSSR count). The molecule has 0 atom stereocenters. The predicted octanol–water partition coefficient (Wildman–Crippen LogP) is -0.760. The van der Waals surface area contributed by atoms with Crippen LogP contribution in [0.4, 0.5) is 0 Å². The number of amides is 1. The first-order valence-electron chi connectivity index (χ1n) is 4.19. The molecule has 1 aliphatic carbocycles. The Labute approximate surface area is 71.4 Å². The Balaban J connectivity index is 2.03. The van der Waals surface area contributed by atoms with Gasteiger partial charge in [0.25, 0.3) is 0 Å². The van der Waals surface area contributed by atoms with Crippen LogP contribution in [0.5, 0.6) is 0 Å². The summed E-state index contributed by atoms with van der Waals surface area (Å²) in [5.74, 6) is -0.234. The number of primary amides is 1. The molecule has 4 heteroatoms. The van der Waals surface area contributed by atoms with E-state index in [4.69, 9.17) is 10.5 Å². The Hall–Kier alpha value is -0.610. The monoisotopic (exact) mass is 170 g/mol. The van der Waals surface area contributed by atoms with E-state index in [1.165, 1.54) is 0 Å². The zero-order valence-corrected chi connectivity index (χ0v) is 7.22. The fraction of sp³-hybridized carbons (Fsp3) is 0.875. The van der Waals surface area contributed by atoms with Crippen molar-refractivity contribution in [1.82, 2.24) is 5.32 Å². The Bertz CT molecular complexity index is 215. The van der Waals surface area contributed by atoms with E-state index in [1.54, 1.807) is 7.05 Å². The number of ether oxygens (including phenoxy) is 1. The van der Waals surface area contributed by atoms with Gasteiger partial charge in [-0.05, 0) is 19.9 Å². The SMILES string of the molecule is CNC1(C(N)=O)CC2(COC2)C1. The lowest BCUT2D eigenvalue weighted by atomic mass is 9.56. The van der Waals surface area contributed by atoms with Crippen LogP contribution in [0.1, 0.15) is 12.8 Å². The summed E-state index contributed by atoms with van der Waals surface area (Å²) in [6.45, 7) is 1.59. The molecule has 0 unspecified atom stereocenters. The maximum absolute atomic E-state index is 11.1. The molecule has 68 valence electrons. The Morgan fingerprint density at radius 1 is 1.50 bits per heavy atom. The number of carbonyl (C=O) groups excluding carboxylic acids is 1. The van der Waals surface area contributed by atoms with Gasteiger partial charge in [-0.15, -0.1) is 0 Å². The second-order valence-corrected chi connectivity index (χ2v) is 4.04. The van der Waals surface area contributed by atoms with E-state index >= 15 is 0 Å². The largest absolute Gasteiger partial charge is 0.380 e. The minimum atomic E-state index is -0.441. The molecule has 1 saturated carbocycles. The van der Waals surface area contributed by atoms with E-state index in [0.717, 1.165) is 26.1 Å². The van der Waals surface area contributed by atoms with Crippen molar-refractivity contribution in [2.24, 2.45) is 11.1 Å². The molecule has 3 N–H and O–H groups in total. The first-order valence-corrected chi connectivity index (χ1v) is 4.19. The van der Waals surface area contributed by atoms with Crippen molar-refractivity contribution in [2.45, 2.75) is 18.4 Å². The average Bonchev–Trinajstić information content (AvgIpc) is 1.82. The lowest BCUT2D eigenvalue weighted by Gasteiger charge is -2.58. The summed E-state index contributed by atoms with van der Waals surface area (Å²) < 4.78 is 5.12. The molecule has 0 aromatic heterocycles. The summed E-state index contributed by atoms with van der Waals surface area (Å²) in [6.07, 6.45) is 1.68. The molecule has 12 heavy (non-hydrogen) atoms. The molecule has 0 aromatic rings. The molecule has 2 fully saturated rings.